The SMILES string of the molecule is Cc1cnn([C@H]2CCCc3ccccc32)c1NC(=O)[C@@H]1CCCNC1. The van der Waals surface area contributed by atoms with E-state index in [0.717, 1.165) is 56.6 Å². The molecule has 4 rings (SSSR count). The zero-order chi connectivity index (χ0) is 17.2. The fourth-order valence-electron chi connectivity index (χ4n) is 4.12. The Kier molecular flexibility index (Phi) is 4.57. The summed E-state index contributed by atoms with van der Waals surface area (Å²) in [7, 11) is 0. The van der Waals surface area contributed by atoms with E-state index >= 15 is 0 Å². The lowest BCUT2D eigenvalue weighted by Gasteiger charge is -2.28. The molecule has 132 valence electrons. The summed E-state index contributed by atoms with van der Waals surface area (Å²) in [4.78, 5) is 12.7. The van der Waals surface area contributed by atoms with Gasteiger partial charge in [-0.3, -0.25) is 4.79 Å². The molecule has 5 nitrogen and oxygen atoms in total. The molecule has 0 unspecified atom stereocenters. The van der Waals surface area contributed by atoms with Gasteiger partial charge >= 0.3 is 0 Å². The highest BCUT2D eigenvalue weighted by molar-refractivity contribution is 5.92. The van der Waals surface area contributed by atoms with Gasteiger partial charge in [-0.05, 0) is 56.7 Å². The second-order valence-corrected chi connectivity index (χ2v) is 7.26. The molecule has 1 aromatic carbocycles. The van der Waals surface area contributed by atoms with Crippen LogP contribution in [0.25, 0.3) is 0 Å². The topological polar surface area (TPSA) is 59.0 Å². The molecule has 0 spiro atoms. The van der Waals surface area contributed by atoms with Crippen LogP contribution in [-0.2, 0) is 11.2 Å². The van der Waals surface area contributed by atoms with E-state index in [1.54, 1.807) is 0 Å². The summed E-state index contributed by atoms with van der Waals surface area (Å²) in [6, 6.07) is 8.82. The fraction of sp³-hybridized carbons (Fsp3) is 0.500. The molecule has 0 radical (unpaired) electrons. The number of carbonyl (C=O) groups is 1. The minimum absolute atomic E-state index is 0.0511. The lowest BCUT2D eigenvalue weighted by molar-refractivity contribution is -0.120. The normalized spacial score (nSPS) is 23.1. The molecule has 2 N–H and O–H groups in total. The maximum Gasteiger partial charge on any atom is 0.229 e. The van der Waals surface area contributed by atoms with Crippen LogP contribution in [0.3, 0.4) is 0 Å². The molecule has 25 heavy (non-hydrogen) atoms. The van der Waals surface area contributed by atoms with Gasteiger partial charge in [-0.15, -0.1) is 0 Å². The minimum atomic E-state index is 0.0511. The number of carbonyl (C=O) groups excluding carboxylic acids is 1. The number of hydrogen-bond donors (Lipinski definition) is 2. The van der Waals surface area contributed by atoms with Gasteiger partial charge in [0.15, 0.2) is 0 Å². The monoisotopic (exact) mass is 338 g/mol. The average molecular weight is 338 g/mol. The summed E-state index contributed by atoms with van der Waals surface area (Å²) < 4.78 is 2.03. The van der Waals surface area contributed by atoms with Crippen LogP contribution < -0.4 is 10.6 Å². The predicted molar refractivity (Wildman–Crippen MR) is 98.7 cm³/mol. The number of nitrogens with one attached hydrogen (secondary N) is 2. The van der Waals surface area contributed by atoms with E-state index in [9.17, 15) is 4.79 Å². The van der Waals surface area contributed by atoms with E-state index < -0.39 is 0 Å². The smallest absolute Gasteiger partial charge is 0.229 e. The van der Waals surface area contributed by atoms with Gasteiger partial charge in [0, 0.05) is 12.1 Å². The molecule has 2 atom stereocenters. The van der Waals surface area contributed by atoms with Gasteiger partial charge in [0.25, 0.3) is 0 Å². The van der Waals surface area contributed by atoms with Crippen molar-refractivity contribution in [2.24, 2.45) is 5.92 Å². The number of amides is 1. The zero-order valence-corrected chi connectivity index (χ0v) is 14.8. The van der Waals surface area contributed by atoms with Crippen molar-refractivity contribution in [2.45, 2.75) is 45.1 Å². The van der Waals surface area contributed by atoms with Crippen molar-refractivity contribution in [3.63, 3.8) is 0 Å². The first kappa shape index (κ1) is 16.3. The lowest BCUT2D eigenvalue weighted by Crippen LogP contribution is -2.37. The highest BCUT2D eigenvalue weighted by atomic mass is 16.2. The highest BCUT2D eigenvalue weighted by Crippen LogP contribution is 2.35. The van der Waals surface area contributed by atoms with Gasteiger partial charge in [-0.1, -0.05) is 24.3 Å². The third-order valence-corrected chi connectivity index (χ3v) is 5.52. The van der Waals surface area contributed by atoms with Crippen LogP contribution in [0.2, 0.25) is 0 Å². The first-order valence-electron chi connectivity index (χ1n) is 9.37. The van der Waals surface area contributed by atoms with Crippen molar-refractivity contribution >= 4 is 11.7 Å². The van der Waals surface area contributed by atoms with Crippen molar-refractivity contribution in [3.05, 3.63) is 47.2 Å². The van der Waals surface area contributed by atoms with Crippen LogP contribution in [-0.4, -0.2) is 28.8 Å². The van der Waals surface area contributed by atoms with E-state index in [4.69, 9.17) is 0 Å². The summed E-state index contributed by atoms with van der Waals surface area (Å²) in [5.41, 5.74) is 3.77. The Labute approximate surface area is 148 Å². The Morgan fingerprint density at radius 2 is 2.16 bits per heavy atom. The molecule has 1 aromatic heterocycles. The Morgan fingerprint density at radius 1 is 1.28 bits per heavy atom. The third kappa shape index (κ3) is 3.21. The van der Waals surface area contributed by atoms with E-state index in [1.165, 1.54) is 11.1 Å². The Morgan fingerprint density at radius 3 is 3.00 bits per heavy atom. The largest absolute Gasteiger partial charge is 0.316 e. The van der Waals surface area contributed by atoms with Gasteiger partial charge < -0.3 is 10.6 Å². The molecular formula is C20H26N4O. The molecule has 0 bridgehead atoms. The van der Waals surface area contributed by atoms with E-state index in [1.807, 2.05) is 17.8 Å². The first-order valence-corrected chi connectivity index (χ1v) is 9.37. The van der Waals surface area contributed by atoms with Crippen molar-refractivity contribution < 1.29 is 4.79 Å². The van der Waals surface area contributed by atoms with Crippen LogP contribution in [0.4, 0.5) is 5.82 Å². The van der Waals surface area contributed by atoms with Crippen molar-refractivity contribution in [1.82, 2.24) is 15.1 Å². The molecule has 2 aliphatic rings. The highest BCUT2D eigenvalue weighted by Gasteiger charge is 2.27. The molecular weight excluding hydrogens is 312 g/mol. The molecule has 1 amide bonds. The molecule has 5 heteroatoms. The number of anilines is 1. The second-order valence-electron chi connectivity index (χ2n) is 7.26. The molecule has 2 aromatic rings. The summed E-state index contributed by atoms with van der Waals surface area (Å²) in [6.45, 7) is 3.80. The van der Waals surface area contributed by atoms with Gasteiger partial charge in [0.2, 0.25) is 5.91 Å². The van der Waals surface area contributed by atoms with Gasteiger partial charge in [0.05, 0.1) is 18.2 Å². The molecule has 1 aliphatic carbocycles. The maximum absolute atomic E-state index is 12.7. The number of hydrogen-bond acceptors (Lipinski definition) is 3. The van der Waals surface area contributed by atoms with Crippen molar-refractivity contribution in [1.29, 1.82) is 0 Å². The van der Waals surface area contributed by atoms with Gasteiger partial charge in [0.1, 0.15) is 5.82 Å². The maximum atomic E-state index is 12.7. The molecule has 1 aliphatic heterocycles. The van der Waals surface area contributed by atoms with Gasteiger partial charge in [-0.25, -0.2) is 4.68 Å². The van der Waals surface area contributed by atoms with Crippen LogP contribution in [0, 0.1) is 12.8 Å². The van der Waals surface area contributed by atoms with Crippen molar-refractivity contribution in [3.8, 4) is 0 Å². The predicted octanol–water partition coefficient (Wildman–Crippen LogP) is 3.06. The van der Waals surface area contributed by atoms with E-state index in [-0.39, 0.29) is 17.9 Å². The van der Waals surface area contributed by atoms with Crippen LogP contribution in [0.1, 0.15) is 48.4 Å². The van der Waals surface area contributed by atoms with Crippen LogP contribution >= 0.6 is 0 Å². The summed E-state index contributed by atoms with van der Waals surface area (Å²) in [5, 5.41) is 11.1. The Balaban J connectivity index is 1.61. The number of benzene rings is 1. The number of nitrogens with zero attached hydrogens (tertiary/aromatic N) is 2. The molecule has 1 saturated heterocycles. The van der Waals surface area contributed by atoms with E-state index in [0.29, 0.717) is 0 Å². The molecule has 0 saturated carbocycles. The zero-order valence-electron chi connectivity index (χ0n) is 14.8. The Bertz CT molecular complexity index is 761. The first-order chi connectivity index (χ1) is 12.2. The van der Waals surface area contributed by atoms with Crippen LogP contribution in [0.15, 0.2) is 30.5 Å². The molecule has 1 fully saturated rings. The second kappa shape index (κ2) is 7.00. The number of aromatic nitrogens is 2. The molecule has 2 heterocycles. The fourth-order valence-corrected chi connectivity index (χ4v) is 4.12. The number of fused-ring (bicyclic) bond motifs is 1. The Hall–Kier alpha value is -2.14. The summed E-state index contributed by atoms with van der Waals surface area (Å²) >= 11 is 0. The summed E-state index contributed by atoms with van der Waals surface area (Å²) in [6.07, 6.45) is 7.23. The lowest BCUT2D eigenvalue weighted by atomic mass is 9.88. The number of piperidine rings is 1. The summed E-state index contributed by atoms with van der Waals surface area (Å²) in [5.74, 6) is 1.02. The average Bonchev–Trinajstić information content (AvgIpc) is 3.02. The van der Waals surface area contributed by atoms with Crippen molar-refractivity contribution in [2.75, 3.05) is 18.4 Å². The van der Waals surface area contributed by atoms with Gasteiger partial charge in [-0.2, -0.15) is 5.10 Å². The minimum Gasteiger partial charge on any atom is -0.316 e. The quantitative estimate of drug-likeness (QED) is 0.904. The number of aryl methyl sites for hydroxylation is 2. The standard InChI is InChI=1S/C20H26N4O/c1-14-12-22-24(18-10-4-7-15-6-2-3-9-17(15)18)19(14)23-20(25)16-8-5-11-21-13-16/h2-3,6,9,12,16,18,21H,4-5,7-8,10-11,13H2,1H3,(H,23,25)/t16-,18+/m1/s1. The third-order valence-electron chi connectivity index (χ3n) is 5.52. The van der Waals surface area contributed by atoms with E-state index in [2.05, 4.69) is 40.0 Å². The number of rotatable bonds is 3. The van der Waals surface area contributed by atoms with Crippen LogP contribution in [0.5, 0.6) is 0 Å².